The van der Waals surface area contributed by atoms with Crippen molar-refractivity contribution in [2.75, 3.05) is 36.5 Å². The Labute approximate surface area is 226 Å². The number of halogens is 1. The van der Waals surface area contributed by atoms with Gasteiger partial charge in [0.1, 0.15) is 5.82 Å². The lowest BCUT2D eigenvalue weighted by Crippen LogP contribution is -2.40. The molecule has 1 aliphatic heterocycles. The highest BCUT2D eigenvalue weighted by molar-refractivity contribution is 6.74. The van der Waals surface area contributed by atoms with Crippen LogP contribution in [0.1, 0.15) is 50.4 Å². The Morgan fingerprint density at radius 2 is 1.87 bits per heavy atom. The third-order valence-electron chi connectivity index (χ3n) is 7.93. The smallest absolute Gasteiger partial charge is 0.262 e. The van der Waals surface area contributed by atoms with Gasteiger partial charge in [-0.25, -0.2) is 9.37 Å². The molecule has 0 bridgehead atoms. The first-order valence-corrected chi connectivity index (χ1v) is 16.2. The van der Waals surface area contributed by atoms with Gasteiger partial charge in [0.05, 0.1) is 36.8 Å². The summed E-state index contributed by atoms with van der Waals surface area (Å²) in [6.07, 6.45) is 0. The number of nitrogens with one attached hydrogen (secondary N) is 1. The number of benzene rings is 2. The Hall–Kier alpha value is -2.75. The fourth-order valence-corrected chi connectivity index (χ4v) is 5.47. The van der Waals surface area contributed by atoms with Crippen molar-refractivity contribution >= 4 is 30.9 Å². The topological polar surface area (TPSA) is 68.6 Å². The van der Waals surface area contributed by atoms with Gasteiger partial charge in [0.25, 0.3) is 5.56 Å². The Kier molecular flexibility index (Phi) is 8.02. The highest BCUT2D eigenvalue weighted by atomic mass is 28.4. The fraction of sp³-hybridized carbons (Fsp3) is 0.517. The maximum absolute atomic E-state index is 14.3. The van der Waals surface area contributed by atoms with E-state index >= 15 is 0 Å². The normalized spacial score (nSPS) is 15.7. The van der Waals surface area contributed by atoms with Crippen LogP contribution < -0.4 is 15.8 Å². The van der Waals surface area contributed by atoms with Gasteiger partial charge in [0, 0.05) is 37.0 Å². The van der Waals surface area contributed by atoms with Gasteiger partial charge in [-0.3, -0.25) is 9.36 Å². The Balaban J connectivity index is 1.71. The van der Waals surface area contributed by atoms with Crippen LogP contribution in [0.2, 0.25) is 18.1 Å². The van der Waals surface area contributed by atoms with Gasteiger partial charge < -0.3 is 19.4 Å². The summed E-state index contributed by atoms with van der Waals surface area (Å²) in [5.41, 5.74) is 4.11. The summed E-state index contributed by atoms with van der Waals surface area (Å²) in [6.45, 7) is 17.9. The molecular formula is C29H41FN4O3Si. The first kappa shape index (κ1) is 28.3. The van der Waals surface area contributed by atoms with Crippen LogP contribution in [-0.4, -0.2) is 44.2 Å². The molecule has 7 nitrogen and oxygen atoms in total. The van der Waals surface area contributed by atoms with Gasteiger partial charge in [0.2, 0.25) is 5.95 Å². The maximum Gasteiger partial charge on any atom is 0.262 e. The summed E-state index contributed by atoms with van der Waals surface area (Å²) < 4.78 is 27.8. The van der Waals surface area contributed by atoms with E-state index in [1.54, 1.807) is 23.7 Å². The number of aromatic nitrogens is 2. The van der Waals surface area contributed by atoms with Crippen LogP contribution in [0.3, 0.4) is 0 Å². The molecule has 1 saturated heterocycles. The second-order valence-corrected chi connectivity index (χ2v) is 16.7. The number of fused-ring (bicyclic) bond motifs is 1. The lowest BCUT2D eigenvalue weighted by molar-refractivity contribution is 0.121. The van der Waals surface area contributed by atoms with Crippen molar-refractivity contribution < 1.29 is 13.6 Å². The molecule has 0 saturated carbocycles. The molecule has 1 fully saturated rings. The van der Waals surface area contributed by atoms with Crippen molar-refractivity contribution in [1.82, 2.24) is 9.55 Å². The standard InChI is InChI=1S/C29H41FN4O3Si/c1-19-15-23(26-24(16-19)27(35)33(6)28(32-26)34-11-13-36-14-12-34)20(2)31-25-10-9-22(30)17-21(25)18-37-38(7,8)29(3,4)5/h9-10,15-17,20,31H,11-14,18H2,1-8H3/t20-/m1/s1. The molecule has 38 heavy (non-hydrogen) atoms. The predicted molar refractivity (Wildman–Crippen MR) is 155 cm³/mol. The predicted octanol–water partition coefficient (Wildman–Crippen LogP) is 5.91. The van der Waals surface area contributed by atoms with Crippen LogP contribution in [0, 0.1) is 12.7 Å². The van der Waals surface area contributed by atoms with Crippen LogP contribution >= 0.6 is 0 Å². The lowest BCUT2D eigenvalue weighted by Gasteiger charge is -2.36. The zero-order valence-electron chi connectivity index (χ0n) is 23.9. The molecule has 3 aromatic rings. The summed E-state index contributed by atoms with van der Waals surface area (Å²) in [7, 11) is -0.247. The molecule has 2 heterocycles. The first-order chi connectivity index (χ1) is 17.8. The summed E-state index contributed by atoms with van der Waals surface area (Å²) in [6, 6.07) is 8.56. The van der Waals surface area contributed by atoms with E-state index in [2.05, 4.69) is 50.1 Å². The molecule has 0 aliphatic carbocycles. The number of nitrogens with zero attached hydrogens (tertiary/aromatic N) is 3. The number of rotatable bonds is 7. The summed E-state index contributed by atoms with van der Waals surface area (Å²) in [5.74, 6) is 0.353. The molecule has 2 aromatic carbocycles. The Morgan fingerprint density at radius 1 is 1.18 bits per heavy atom. The molecule has 0 amide bonds. The van der Waals surface area contributed by atoms with Gasteiger partial charge in [-0.15, -0.1) is 0 Å². The summed E-state index contributed by atoms with van der Waals surface area (Å²) in [4.78, 5) is 20.5. The molecule has 1 atom stereocenters. The minimum absolute atomic E-state index is 0.0533. The molecule has 206 valence electrons. The van der Waals surface area contributed by atoms with E-state index in [1.807, 2.05) is 19.9 Å². The van der Waals surface area contributed by atoms with Crippen LogP contribution in [-0.2, 0) is 22.8 Å². The van der Waals surface area contributed by atoms with E-state index in [9.17, 15) is 9.18 Å². The van der Waals surface area contributed by atoms with E-state index in [0.29, 0.717) is 49.8 Å². The molecule has 9 heteroatoms. The van der Waals surface area contributed by atoms with E-state index in [0.717, 1.165) is 22.4 Å². The number of anilines is 2. The van der Waals surface area contributed by atoms with E-state index in [1.165, 1.54) is 6.07 Å². The third-order valence-corrected chi connectivity index (χ3v) is 12.4. The molecule has 1 N–H and O–H groups in total. The molecule has 1 aliphatic rings. The van der Waals surface area contributed by atoms with Crippen molar-refractivity contribution in [3.63, 3.8) is 0 Å². The van der Waals surface area contributed by atoms with Crippen molar-refractivity contribution in [3.8, 4) is 0 Å². The minimum Gasteiger partial charge on any atom is -0.412 e. The van der Waals surface area contributed by atoms with Gasteiger partial charge in [-0.2, -0.15) is 0 Å². The number of ether oxygens (including phenoxy) is 1. The fourth-order valence-electron chi connectivity index (χ4n) is 4.53. The van der Waals surface area contributed by atoms with Gasteiger partial charge in [-0.05, 0) is 61.8 Å². The van der Waals surface area contributed by atoms with Crippen molar-refractivity contribution in [2.24, 2.45) is 7.05 Å². The van der Waals surface area contributed by atoms with Crippen LogP contribution in [0.25, 0.3) is 10.9 Å². The molecule has 0 radical (unpaired) electrons. The molecule has 0 spiro atoms. The van der Waals surface area contributed by atoms with Crippen LogP contribution in [0.5, 0.6) is 0 Å². The van der Waals surface area contributed by atoms with E-state index in [-0.39, 0.29) is 22.5 Å². The lowest BCUT2D eigenvalue weighted by atomic mass is 10.0. The van der Waals surface area contributed by atoms with Crippen molar-refractivity contribution in [1.29, 1.82) is 0 Å². The molecular weight excluding hydrogens is 499 g/mol. The highest BCUT2D eigenvalue weighted by Gasteiger charge is 2.37. The van der Waals surface area contributed by atoms with Gasteiger partial charge in [-0.1, -0.05) is 26.8 Å². The average Bonchev–Trinajstić information content (AvgIpc) is 2.86. The van der Waals surface area contributed by atoms with Gasteiger partial charge in [0.15, 0.2) is 8.32 Å². The highest BCUT2D eigenvalue weighted by Crippen LogP contribution is 2.38. The van der Waals surface area contributed by atoms with Gasteiger partial charge >= 0.3 is 0 Å². The molecule has 1 aromatic heterocycles. The average molecular weight is 541 g/mol. The number of hydrogen-bond donors (Lipinski definition) is 1. The van der Waals surface area contributed by atoms with Crippen LogP contribution in [0.15, 0.2) is 35.1 Å². The van der Waals surface area contributed by atoms with Crippen molar-refractivity contribution in [3.05, 3.63) is 63.2 Å². The zero-order valence-corrected chi connectivity index (χ0v) is 24.9. The number of hydrogen-bond acceptors (Lipinski definition) is 6. The molecule has 4 rings (SSSR count). The summed E-state index contributed by atoms with van der Waals surface area (Å²) in [5, 5.41) is 4.21. The zero-order chi connectivity index (χ0) is 27.8. The number of morpholine rings is 1. The second kappa shape index (κ2) is 10.8. The second-order valence-electron chi connectivity index (χ2n) is 11.8. The molecule has 0 unspecified atom stereocenters. The largest absolute Gasteiger partial charge is 0.412 e. The number of aryl methyl sites for hydroxylation is 1. The first-order valence-electron chi connectivity index (χ1n) is 13.3. The summed E-state index contributed by atoms with van der Waals surface area (Å²) >= 11 is 0. The third kappa shape index (κ3) is 5.79. The Morgan fingerprint density at radius 3 is 2.53 bits per heavy atom. The van der Waals surface area contributed by atoms with Crippen molar-refractivity contribution in [2.45, 2.75) is 65.4 Å². The quantitative estimate of drug-likeness (QED) is 0.376. The van der Waals surface area contributed by atoms with E-state index < -0.39 is 8.32 Å². The van der Waals surface area contributed by atoms with E-state index in [4.69, 9.17) is 14.1 Å². The maximum atomic E-state index is 14.3. The van der Waals surface area contributed by atoms with Crippen LogP contribution in [0.4, 0.5) is 16.0 Å². The SMILES string of the molecule is Cc1cc([C@@H](C)Nc2ccc(F)cc2CO[Si](C)(C)C(C)(C)C)c2nc(N3CCOCC3)n(C)c(=O)c2c1. The minimum atomic E-state index is -2.02. The Bertz CT molecular complexity index is 1380. The monoisotopic (exact) mass is 540 g/mol.